The molecule has 0 bridgehead atoms. The van der Waals surface area contributed by atoms with Gasteiger partial charge in [-0.1, -0.05) is 13.3 Å². The van der Waals surface area contributed by atoms with E-state index in [4.69, 9.17) is 5.11 Å². The molecule has 1 atom stereocenters. The molecule has 0 aliphatic carbocycles. The van der Waals surface area contributed by atoms with Crippen molar-refractivity contribution >= 4 is 11.4 Å². The van der Waals surface area contributed by atoms with Gasteiger partial charge < -0.3 is 15.7 Å². The van der Waals surface area contributed by atoms with Crippen LogP contribution in [0.1, 0.15) is 26.2 Å². The van der Waals surface area contributed by atoms with E-state index in [1.165, 1.54) is 0 Å². The zero-order valence-corrected chi connectivity index (χ0v) is 10.7. The molecule has 0 fully saturated rings. The lowest BCUT2D eigenvalue weighted by Crippen LogP contribution is -2.15. The van der Waals surface area contributed by atoms with Gasteiger partial charge in [0.1, 0.15) is 0 Å². The highest BCUT2D eigenvalue weighted by molar-refractivity contribution is 5.53. The van der Waals surface area contributed by atoms with Crippen molar-refractivity contribution in [2.75, 3.05) is 30.8 Å². The van der Waals surface area contributed by atoms with Crippen LogP contribution in [-0.4, -0.2) is 30.3 Å². The number of aliphatic hydroxyl groups is 1. The fourth-order valence-electron chi connectivity index (χ4n) is 1.87. The van der Waals surface area contributed by atoms with Gasteiger partial charge in [-0.05, 0) is 24.8 Å². The van der Waals surface area contributed by atoms with Gasteiger partial charge in [-0.25, -0.2) is 0 Å². The summed E-state index contributed by atoms with van der Waals surface area (Å²) < 4.78 is 0. The largest absolute Gasteiger partial charge is 0.396 e. The third kappa shape index (κ3) is 5.04. The first kappa shape index (κ1) is 13.8. The van der Waals surface area contributed by atoms with Crippen molar-refractivity contribution in [2.45, 2.75) is 26.2 Å². The highest BCUT2D eigenvalue weighted by atomic mass is 16.3. The summed E-state index contributed by atoms with van der Waals surface area (Å²) in [4.78, 5) is 4.15. The van der Waals surface area contributed by atoms with Crippen LogP contribution in [0.3, 0.4) is 0 Å². The summed E-state index contributed by atoms with van der Waals surface area (Å²) in [5.41, 5.74) is 2.03. The van der Waals surface area contributed by atoms with Crippen LogP contribution in [0, 0.1) is 5.92 Å². The number of hydrogen-bond acceptors (Lipinski definition) is 4. The monoisotopic (exact) mass is 237 g/mol. The van der Waals surface area contributed by atoms with E-state index in [1.54, 1.807) is 6.20 Å². The molecular formula is C13H23N3O. The summed E-state index contributed by atoms with van der Waals surface area (Å²) in [6.07, 6.45) is 6.78. The minimum absolute atomic E-state index is 0.265. The molecule has 4 nitrogen and oxygen atoms in total. The molecule has 1 rings (SSSR count). The van der Waals surface area contributed by atoms with E-state index in [0.717, 1.165) is 37.2 Å². The van der Waals surface area contributed by atoms with Crippen molar-refractivity contribution in [3.8, 4) is 0 Å². The van der Waals surface area contributed by atoms with Gasteiger partial charge in [0.2, 0.25) is 0 Å². The molecule has 0 saturated heterocycles. The highest BCUT2D eigenvalue weighted by Crippen LogP contribution is 2.15. The average Bonchev–Trinajstić information content (AvgIpc) is 2.37. The maximum atomic E-state index is 8.99. The van der Waals surface area contributed by atoms with Crippen LogP contribution < -0.4 is 10.6 Å². The summed E-state index contributed by atoms with van der Waals surface area (Å²) in [6, 6.07) is 2.04. The molecule has 0 aromatic carbocycles. The molecule has 1 aromatic rings. The van der Waals surface area contributed by atoms with Crippen molar-refractivity contribution in [2.24, 2.45) is 5.92 Å². The molecule has 1 heterocycles. The highest BCUT2D eigenvalue weighted by Gasteiger charge is 2.07. The number of rotatable bonds is 8. The van der Waals surface area contributed by atoms with Crippen LogP contribution in [0.2, 0.25) is 0 Å². The Morgan fingerprint density at radius 1 is 1.29 bits per heavy atom. The zero-order valence-electron chi connectivity index (χ0n) is 10.7. The van der Waals surface area contributed by atoms with Crippen molar-refractivity contribution in [1.82, 2.24) is 4.98 Å². The fourth-order valence-corrected chi connectivity index (χ4v) is 1.87. The number of anilines is 2. The van der Waals surface area contributed by atoms with E-state index >= 15 is 0 Å². The second-order valence-corrected chi connectivity index (χ2v) is 4.26. The Balaban J connectivity index is 2.46. The van der Waals surface area contributed by atoms with Gasteiger partial charge in [-0.15, -0.1) is 0 Å². The van der Waals surface area contributed by atoms with Gasteiger partial charge in [0, 0.05) is 20.2 Å². The van der Waals surface area contributed by atoms with Gasteiger partial charge in [0.15, 0.2) is 0 Å². The second kappa shape index (κ2) is 7.90. The molecule has 17 heavy (non-hydrogen) atoms. The molecule has 1 aromatic heterocycles. The fraction of sp³-hybridized carbons (Fsp3) is 0.615. The summed E-state index contributed by atoms with van der Waals surface area (Å²) in [6.45, 7) is 3.33. The van der Waals surface area contributed by atoms with Gasteiger partial charge in [0.05, 0.1) is 23.8 Å². The third-order valence-electron chi connectivity index (χ3n) is 2.86. The van der Waals surface area contributed by atoms with E-state index in [2.05, 4.69) is 22.5 Å². The smallest absolute Gasteiger partial charge is 0.0547 e. The summed E-state index contributed by atoms with van der Waals surface area (Å²) >= 11 is 0. The normalized spacial score (nSPS) is 12.2. The molecule has 0 amide bonds. The van der Waals surface area contributed by atoms with Gasteiger partial charge >= 0.3 is 0 Å². The Kier molecular flexibility index (Phi) is 6.40. The van der Waals surface area contributed by atoms with Crippen molar-refractivity contribution in [3.05, 3.63) is 18.5 Å². The summed E-state index contributed by atoms with van der Waals surface area (Å²) in [7, 11) is 1.88. The molecule has 1 unspecified atom stereocenters. The molecule has 0 saturated carbocycles. The topological polar surface area (TPSA) is 57.2 Å². The predicted molar refractivity (Wildman–Crippen MR) is 72.4 cm³/mol. The van der Waals surface area contributed by atoms with Crippen molar-refractivity contribution in [3.63, 3.8) is 0 Å². The lowest BCUT2D eigenvalue weighted by Gasteiger charge is -2.16. The summed E-state index contributed by atoms with van der Waals surface area (Å²) in [5, 5.41) is 15.4. The third-order valence-corrected chi connectivity index (χ3v) is 2.86. The molecule has 3 N–H and O–H groups in total. The number of pyridine rings is 1. The van der Waals surface area contributed by atoms with Gasteiger partial charge in [0.25, 0.3) is 0 Å². The second-order valence-electron chi connectivity index (χ2n) is 4.26. The molecule has 0 spiro atoms. The van der Waals surface area contributed by atoms with Crippen molar-refractivity contribution in [1.29, 1.82) is 0 Å². The Morgan fingerprint density at radius 2 is 2.06 bits per heavy atom. The van der Waals surface area contributed by atoms with Crippen LogP contribution in [0.5, 0.6) is 0 Å². The minimum Gasteiger partial charge on any atom is -0.396 e. The molecular weight excluding hydrogens is 214 g/mol. The summed E-state index contributed by atoms with van der Waals surface area (Å²) in [5.74, 6) is 0.531. The Bertz CT molecular complexity index is 311. The van der Waals surface area contributed by atoms with Crippen LogP contribution in [0.25, 0.3) is 0 Å². The molecule has 96 valence electrons. The molecule has 0 aliphatic heterocycles. The number of hydrogen-bond donors (Lipinski definition) is 3. The van der Waals surface area contributed by atoms with E-state index in [1.807, 2.05) is 19.3 Å². The van der Waals surface area contributed by atoms with E-state index < -0.39 is 0 Å². The van der Waals surface area contributed by atoms with Gasteiger partial charge in [-0.2, -0.15) is 0 Å². The lowest BCUT2D eigenvalue weighted by molar-refractivity contribution is 0.255. The number of nitrogens with zero attached hydrogens (tertiary/aromatic N) is 1. The first-order valence-corrected chi connectivity index (χ1v) is 6.27. The lowest BCUT2D eigenvalue weighted by atomic mass is 10.0. The first-order valence-electron chi connectivity index (χ1n) is 6.27. The predicted octanol–water partition coefficient (Wildman–Crippen LogP) is 2.33. The van der Waals surface area contributed by atoms with E-state index in [9.17, 15) is 0 Å². The van der Waals surface area contributed by atoms with E-state index in [0.29, 0.717) is 5.92 Å². The standard InChI is InChI=1S/C13H23N3O/c1-3-4-11(5-6-17)8-16-13-7-12(14-2)9-15-10-13/h7,9-11,14,16-17H,3-6,8H2,1-2H3. The first-order chi connectivity index (χ1) is 8.30. The maximum Gasteiger partial charge on any atom is 0.0547 e. The van der Waals surface area contributed by atoms with Crippen LogP contribution >= 0.6 is 0 Å². The zero-order chi connectivity index (χ0) is 12.5. The number of aromatic nitrogens is 1. The van der Waals surface area contributed by atoms with Crippen LogP contribution in [0.15, 0.2) is 18.5 Å². The van der Waals surface area contributed by atoms with Crippen LogP contribution in [-0.2, 0) is 0 Å². The Hall–Kier alpha value is -1.29. The maximum absolute atomic E-state index is 8.99. The quantitative estimate of drug-likeness (QED) is 0.649. The van der Waals surface area contributed by atoms with Crippen LogP contribution in [0.4, 0.5) is 11.4 Å². The van der Waals surface area contributed by atoms with Gasteiger partial charge in [-0.3, -0.25) is 4.98 Å². The molecule has 0 radical (unpaired) electrons. The number of aliphatic hydroxyl groups excluding tert-OH is 1. The average molecular weight is 237 g/mol. The Labute approximate surface area is 103 Å². The van der Waals surface area contributed by atoms with E-state index in [-0.39, 0.29) is 6.61 Å². The minimum atomic E-state index is 0.265. The SMILES string of the molecule is CCCC(CCO)CNc1cncc(NC)c1. The number of nitrogens with one attached hydrogen (secondary N) is 2. The molecule has 0 aliphatic rings. The van der Waals surface area contributed by atoms with Crippen molar-refractivity contribution < 1.29 is 5.11 Å². The Morgan fingerprint density at radius 3 is 2.71 bits per heavy atom. The molecule has 4 heteroatoms.